The maximum Gasteiger partial charge on any atom is 0.200 e. The molecule has 2 fully saturated rings. The number of allylic oxidation sites excluding steroid dienone is 1. The summed E-state index contributed by atoms with van der Waals surface area (Å²) in [6, 6.07) is 6.29. The predicted octanol–water partition coefficient (Wildman–Crippen LogP) is 9.35. The lowest BCUT2D eigenvalue weighted by Gasteiger charge is -2.37. The van der Waals surface area contributed by atoms with Gasteiger partial charge in [-0.2, -0.15) is 0 Å². The first kappa shape index (κ1) is 25.2. The summed E-state index contributed by atoms with van der Waals surface area (Å²) in [5, 5.41) is 0. The molecule has 0 heterocycles. The Hall–Kier alpha value is -1.88. The first-order valence-corrected chi connectivity index (χ1v) is 12.7. The predicted molar refractivity (Wildman–Crippen MR) is 126 cm³/mol. The second kappa shape index (κ2) is 11.2. The molecule has 2 aliphatic rings. The number of benzene rings is 2. The van der Waals surface area contributed by atoms with Gasteiger partial charge in [0, 0.05) is 5.54 Å². The molecule has 6 heteroatoms. The summed E-state index contributed by atoms with van der Waals surface area (Å²) in [7, 11) is 0. The Bertz CT molecular complexity index is 971. The molecule has 2 aromatic carbocycles. The Morgan fingerprint density at radius 1 is 0.676 bits per heavy atom. The van der Waals surface area contributed by atoms with Crippen LogP contribution in [0.4, 0.5) is 22.0 Å². The minimum absolute atomic E-state index is 0.0201. The zero-order valence-electron chi connectivity index (χ0n) is 19.1. The van der Waals surface area contributed by atoms with Crippen molar-refractivity contribution in [2.24, 2.45) is 23.7 Å². The Morgan fingerprint density at radius 2 is 1.18 bits per heavy atom. The molecule has 0 amide bonds. The molecule has 0 spiro atoms. The second-order valence-corrected chi connectivity index (χ2v) is 10.2. The van der Waals surface area contributed by atoms with Crippen LogP contribution < -0.4 is 0 Å². The lowest BCUT2D eigenvalue weighted by atomic mass is 9.68. The van der Waals surface area contributed by atoms with Crippen LogP contribution in [0.3, 0.4) is 0 Å². The molecule has 2 aliphatic carbocycles. The SMILES string of the molecule is Fc1c(F)c(F)c(-c2ccc(CCC3CCC(C4CCC(/C=C/Cl)CC4)CC3)cc2)c(F)c1F. The summed E-state index contributed by atoms with van der Waals surface area (Å²) in [6.45, 7) is 0. The van der Waals surface area contributed by atoms with Crippen molar-refractivity contribution in [1.29, 1.82) is 0 Å². The van der Waals surface area contributed by atoms with Crippen LogP contribution in [-0.4, -0.2) is 0 Å². The van der Waals surface area contributed by atoms with Gasteiger partial charge in [-0.05, 0) is 86.2 Å². The third kappa shape index (κ3) is 5.50. The van der Waals surface area contributed by atoms with Gasteiger partial charge in [-0.3, -0.25) is 0 Å². The Labute approximate surface area is 203 Å². The third-order valence-electron chi connectivity index (χ3n) is 8.01. The fraction of sp³-hybridized carbons (Fsp3) is 0.500. The van der Waals surface area contributed by atoms with E-state index < -0.39 is 34.6 Å². The van der Waals surface area contributed by atoms with E-state index in [1.165, 1.54) is 63.5 Å². The summed E-state index contributed by atoms with van der Waals surface area (Å²) >= 11 is 5.72. The molecule has 0 saturated heterocycles. The molecule has 2 saturated carbocycles. The molecule has 0 nitrogen and oxygen atoms in total. The molecule has 0 aromatic heterocycles. The largest absolute Gasteiger partial charge is 0.203 e. The average Bonchev–Trinajstić information content (AvgIpc) is 2.87. The van der Waals surface area contributed by atoms with Crippen molar-refractivity contribution in [3.8, 4) is 11.1 Å². The topological polar surface area (TPSA) is 0 Å². The van der Waals surface area contributed by atoms with Crippen molar-refractivity contribution in [2.45, 2.75) is 64.2 Å². The van der Waals surface area contributed by atoms with Crippen molar-refractivity contribution in [1.82, 2.24) is 0 Å². The van der Waals surface area contributed by atoms with E-state index in [4.69, 9.17) is 11.6 Å². The smallest absolute Gasteiger partial charge is 0.200 e. The molecule has 0 N–H and O–H groups in total. The van der Waals surface area contributed by atoms with Crippen LogP contribution in [0.1, 0.15) is 63.4 Å². The molecular weight excluding hydrogens is 467 g/mol. The summed E-state index contributed by atoms with van der Waals surface area (Å²) in [6.07, 6.45) is 14.1. The van der Waals surface area contributed by atoms with E-state index in [1.807, 2.05) is 0 Å². The second-order valence-electron chi connectivity index (χ2n) is 9.95. The molecule has 0 unspecified atom stereocenters. The Kier molecular flexibility index (Phi) is 8.34. The summed E-state index contributed by atoms with van der Waals surface area (Å²) in [5.74, 6) is -6.60. The molecule has 2 aromatic rings. The monoisotopic (exact) mass is 496 g/mol. The van der Waals surface area contributed by atoms with Crippen LogP contribution in [0.25, 0.3) is 11.1 Å². The molecule has 0 atom stereocenters. The van der Waals surface area contributed by atoms with E-state index in [0.717, 1.165) is 30.2 Å². The number of hydrogen-bond donors (Lipinski definition) is 0. The van der Waals surface area contributed by atoms with Crippen LogP contribution in [0.15, 0.2) is 35.9 Å². The fourth-order valence-electron chi connectivity index (χ4n) is 5.93. The van der Waals surface area contributed by atoms with Gasteiger partial charge in [0.25, 0.3) is 0 Å². The fourth-order valence-corrected chi connectivity index (χ4v) is 6.13. The van der Waals surface area contributed by atoms with Crippen LogP contribution in [0.2, 0.25) is 0 Å². The van der Waals surface area contributed by atoms with Gasteiger partial charge < -0.3 is 0 Å². The summed E-state index contributed by atoms with van der Waals surface area (Å²) in [5.41, 5.74) is 1.76. The van der Waals surface area contributed by atoms with Crippen LogP contribution in [0.5, 0.6) is 0 Å². The maximum atomic E-state index is 14.1. The van der Waals surface area contributed by atoms with Gasteiger partial charge in [0.05, 0.1) is 5.56 Å². The van der Waals surface area contributed by atoms with E-state index in [2.05, 4.69) is 6.08 Å². The highest BCUT2D eigenvalue weighted by Gasteiger charge is 2.30. The number of hydrogen-bond acceptors (Lipinski definition) is 0. The van der Waals surface area contributed by atoms with Gasteiger partial charge in [0.1, 0.15) is 0 Å². The standard InChI is InChI=1S/C28H30ClF5/c29-16-15-19-5-11-21(12-6-19)20-9-3-17(4-10-20)1-2-18-7-13-22(14-8-18)23-24(30)26(32)28(34)27(33)25(23)31/h7-8,13-17,19-21H,1-6,9-12H2/b16-15+. The lowest BCUT2D eigenvalue weighted by Crippen LogP contribution is -2.25. The number of halogens is 6. The van der Waals surface area contributed by atoms with E-state index >= 15 is 0 Å². The number of rotatable bonds is 6. The highest BCUT2D eigenvalue weighted by Crippen LogP contribution is 2.42. The highest BCUT2D eigenvalue weighted by molar-refractivity contribution is 6.25. The van der Waals surface area contributed by atoms with Crippen molar-refractivity contribution in [2.75, 3.05) is 0 Å². The van der Waals surface area contributed by atoms with E-state index in [1.54, 1.807) is 17.7 Å². The van der Waals surface area contributed by atoms with Crippen LogP contribution >= 0.6 is 11.6 Å². The van der Waals surface area contributed by atoms with Crippen molar-refractivity contribution >= 4 is 11.6 Å². The highest BCUT2D eigenvalue weighted by atomic mass is 35.5. The zero-order valence-corrected chi connectivity index (χ0v) is 19.9. The molecule has 184 valence electrons. The van der Waals surface area contributed by atoms with E-state index in [9.17, 15) is 22.0 Å². The summed E-state index contributed by atoms with van der Waals surface area (Å²) < 4.78 is 68.5. The molecule has 4 rings (SSSR count). The van der Waals surface area contributed by atoms with Crippen molar-refractivity contribution in [3.05, 3.63) is 70.5 Å². The normalized spacial score (nSPS) is 25.7. The van der Waals surface area contributed by atoms with Gasteiger partial charge in [0.2, 0.25) is 5.82 Å². The molecular formula is C28H30ClF5. The van der Waals surface area contributed by atoms with Gasteiger partial charge >= 0.3 is 0 Å². The van der Waals surface area contributed by atoms with E-state index in [0.29, 0.717) is 11.8 Å². The number of aryl methyl sites for hydroxylation is 1. The average molecular weight is 497 g/mol. The third-order valence-corrected chi connectivity index (χ3v) is 8.16. The van der Waals surface area contributed by atoms with Crippen molar-refractivity contribution < 1.29 is 22.0 Å². The Balaban J connectivity index is 1.28. The lowest BCUT2D eigenvalue weighted by molar-refractivity contribution is 0.153. The quantitative estimate of drug-likeness (QED) is 0.212. The molecule has 34 heavy (non-hydrogen) atoms. The summed E-state index contributed by atoms with van der Waals surface area (Å²) in [4.78, 5) is 0. The van der Waals surface area contributed by atoms with Crippen LogP contribution in [0, 0.1) is 52.8 Å². The van der Waals surface area contributed by atoms with Crippen molar-refractivity contribution in [3.63, 3.8) is 0 Å². The minimum atomic E-state index is -2.14. The van der Waals surface area contributed by atoms with Gasteiger partial charge in [0.15, 0.2) is 23.3 Å². The molecule has 0 radical (unpaired) electrons. The first-order valence-electron chi connectivity index (χ1n) is 12.3. The van der Waals surface area contributed by atoms with E-state index in [-0.39, 0.29) is 5.56 Å². The Morgan fingerprint density at radius 3 is 1.71 bits per heavy atom. The molecule has 0 bridgehead atoms. The first-order chi connectivity index (χ1) is 16.4. The minimum Gasteiger partial charge on any atom is -0.203 e. The van der Waals surface area contributed by atoms with Gasteiger partial charge in [-0.1, -0.05) is 54.8 Å². The van der Waals surface area contributed by atoms with Gasteiger partial charge in [-0.15, -0.1) is 0 Å². The maximum absolute atomic E-state index is 14.1. The zero-order chi connectivity index (χ0) is 24.2. The van der Waals surface area contributed by atoms with Crippen LogP contribution in [-0.2, 0) is 6.42 Å². The molecule has 0 aliphatic heterocycles. The van der Waals surface area contributed by atoms with Gasteiger partial charge in [-0.25, -0.2) is 22.0 Å².